The Labute approximate surface area is 374 Å². The zero-order chi connectivity index (χ0) is 42.5. The summed E-state index contributed by atoms with van der Waals surface area (Å²) in [6.45, 7) is 0. The van der Waals surface area contributed by atoms with Crippen LogP contribution in [0, 0.1) is 0 Å². The lowest BCUT2D eigenvalue weighted by atomic mass is 9.98. The van der Waals surface area contributed by atoms with Crippen LogP contribution in [0.4, 0.5) is 34.1 Å². The zero-order valence-electron chi connectivity index (χ0n) is 35.1. The first-order valence-corrected chi connectivity index (χ1v) is 23.9. The molecule has 0 spiro atoms. The minimum Gasteiger partial charge on any atom is -0.456 e. The van der Waals surface area contributed by atoms with E-state index in [0.717, 1.165) is 56.1 Å². The topological polar surface area (TPSA) is 19.6 Å². The van der Waals surface area contributed by atoms with Gasteiger partial charge in [0.1, 0.15) is 11.2 Å². The van der Waals surface area contributed by atoms with E-state index in [9.17, 15) is 0 Å². The predicted octanol–water partition coefficient (Wildman–Crippen LogP) is 13.6. The molecular weight excluding hydrogens is 793 g/mol. The van der Waals surface area contributed by atoms with Crippen molar-refractivity contribution in [2.45, 2.75) is 0 Å². The molecule has 2 heterocycles. The molecule has 64 heavy (non-hydrogen) atoms. The molecule has 0 bridgehead atoms. The highest BCUT2D eigenvalue weighted by Gasteiger charge is 2.49. The number of benzene rings is 10. The van der Waals surface area contributed by atoms with Crippen molar-refractivity contribution in [1.82, 2.24) is 0 Å². The maximum absolute atomic E-state index is 6.31. The van der Waals surface area contributed by atoms with Gasteiger partial charge in [-0.1, -0.05) is 164 Å². The minimum atomic E-state index is -2.86. The van der Waals surface area contributed by atoms with Crippen molar-refractivity contribution in [3.63, 3.8) is 0 Å². The van der Waals surface area contributed by atoms with E-state index in [2.05, 4.69) is 252 Å². The summed E-state index contributed by atoms with van der Waals surface area (Å²) in [7, 11) is -2.86. The summed E-state index contributed by atoms with van der Waals surface area (Å²) in [6, 6.07) is 92.9. The fourth-order valence-electron chi connectivity index (χ4n) is 10.1. The number of rotatable bonds is 9. The molecule has 0 radical (unpaired) electrons. The van der Waals surface area contributed by atoms with Crippen LogP contribution in [0.5, 0.6) is 0 Å². The second-order valence-corrected chi connectivity index (χ2v) is 20.2. The lowest BCUT2D eigenvalue weighted by molar-refractivity contribution is 0.669. The number of furan rings is 1. The molecule has 0 saturated carbocycles. The molecule has 0 aliphatic carbocycles. The Bertz CT molecular complexity index is 3360. The van der Waals surface area contributed by atoms with E-state index in [1.54, 1.807) is 0 Å². The van der Waals surface area contributed by atoms with Crippen LogP contribution in [0.2, 0.25) is 0 Å². The third-order valence-corrected chi connectivity index (χ3v) is 17.8. The van der Waals surface area contributed by atoms with Crippen LogP contribution in [0.1, 0.15) is 0 Å². The van der Waals surface area contributed by atoms with Gasteiger partial charge in [0, 0.05) is 44.9 Å². The van der Waals surface area contributed by atoms with Crippen LogP contribution in [0.25, 0.3) is 44.2 Å². The molecule has 1 aromatic heterocycles. The number of fused-ring (bicyclic) bond motifs is 6. The second kappa shape index (κ2) is 15.6. The van der Waals surface area contributed by atoms with Crippen molar-refractivity contribution in [2.24, 2.45) is 0 Å². The molecule has 302 valence electrons. The molecule has 0 atom stereocenters. The van der Waals surface area contributed by atoms with Gasteiger partial charge in [0.2, 0.25) is 0 Å². The van der Waals surface area contributed by atoms with Gasteiger partial charge in [-0.25, -0.2) is 0 Å². The third kappa shape index (κ3) is 6.18. The molecule has 0 unspecified atom stereocenters. The van der Waals surface area contributed by atoms with Crippen LogP contribution < -0.4 is 30.5 Å². The molecule has 0 fully saturated rings. The molecule has 12 rings (SSSR count). The summed E-state index contributed by atoms with van der Waals surface area (Å²) in [5.74, 6) is 0. The first-order valence-electron chi connectivity index (χ1n) is 21.9. The molecule has 10 aromatic carbocycles. The maximum Gasteiger partial charge on any atom is 0.180 e. The molecular formula is C60H42N2OSi. The molecule has 0 N–H and O–H groups in total. The Hall–Kier alpha value is -8.18. The van der Waals surface area contributed by atoms with Crippen molar-refractivity contribution < 1.29 is 4.42 Å². The number of anilines is 6. The summed E-state index contributed by atoms with van der Waals surface area (Å²) < 4.78 is 6.31. The number of nitrogens with zero attached hydrogens (tertiary/aromatic N) is 2. The first-order chi connectivity index (χ1) is 31.7. The van der Waals surface area contributed by atoms with Gasteiger partial charge in [-0.3, -0.25) is 0 Å². The molecule has 1 aliphatic heterocycles. The molecule has 4 heteroatoms. The lowest BCUT2D eigenvalue weighted by Crippen LogP contribution is -2.72. The average Bonchev–Trinajstić information content (AvgIpc) is 3.89. The van der Waals surface area contributed by atoms with E-state index < -0.39 is 8.07 Å². The van der Waals surface area contributed by atoms with Crippen molar-refractivity contribution in [3.05, 3.63) is 255 Å². The predicted molar refractivity (Wildman–Crippen MR) is 271 cm³/mol. The van der Waals surface area contributed by atoms with Crippen LogP contribution in [-0.4, -0.2) is 8.07 Å². The molecule has 11 aromatic rings. The Morgan fingerprint density at radius 1 is 0.281 bits per heavy atom. The van der Waals surface area contributed by atoms with E-state index in [1.165, 1.54) is 43.0 Å². The van der Waals surface area contributed by atoms with Crippen LogP contribution in [-0.2, 0) is 0 Å². The summed E-state index contributed by atoms with van der Waals surface area (Å²) in [6.07, 6.45) is 0. The Morgan fingerprint density at radius 3 is 1.41 bits per heavy atom. The highest BCUT2D eigenvalue weighted by atomic mass is 28.3. The van der Waals surface area contributed by atoms with Gasteiger partial charge in [-0.2, -0.15) is 0 Å². The van der Waals surface area contributed by atoms with E-state index in [4.69, 9.17) is 4.42 Å². The maximum atomic E-state index is 6.31. The summed E-state index contributed by atoms with van der Waals surface area (Å²) in [4.78, 5) is 4.74. The van der Waals surface area contributed by atoms with Crippen LogP contribution in [0.15, 0.2) is 259 Å². The fourth-order valence-corrected chi connectivity index (χ4v) is 15.3. The van der Waals surface area contributed by atoms with Crippen LogP contribution in [0.3, 0.4) is 0 Å². The minimum absolute atomic E-state index is 0.885. The van der Waals surface area contributed by atoms with E-state index in [-0.39, 0.29) is 0 Å². The lowest BCUT2D eigenvalue weighted by Gasteiger charge is -2.32. The Balaban J connectivity index is 1.06. The normalized spacial score (nSPS) is 12.5. The van der Waals surface area contributed by atoms with Crippen molar-refractivity contribution in [1.29, 1.82) is 0 Å². The first kappa shape index (κ1) is 37.6. The smallest absolute Gasteiger partial charge is 0.180 e. The van der Waals surface area contributed by atoms with E-state index >= 15 is 0 Å². The van der Waals surface area contributed by atoms with Crippen LogP contribution >= 0.6 is 0 Å². The molecule has 1 aliphatic rings. The SMILES string of the molecule is c1ccc(N(c2ccccc2)c2cccc(-c3ccc4c(c3)-c3ccc(N(c5ccccc5)c5ccc6oc7ccccc7c6c5)cc3[Si]4(c3ccccc3)c3ccccc3)c2)cc1. The highest BCUT2D eigenvalue weighted by molar-refractivity contribution is 7.22. The second-order valence-electron chi connectivity index (χ2n) is 16.5. The Kier molecular flexibility index (Phi) is 9.17. The molecule has 3 nitrogen and oxygen atoms in total. The zero-order valence-corrected chi connectivity index (χ0v) is 36.1. The van der Waals surface area contributed by atoms with Crippen molar-refractivity contribution >= 4 is 84.9 Å². The summed E-state index contributed by atoms with van der Waals surface area (Å²) in [5.41, 5.74) is 13.4. The van der Waals surface area contributed by atoms with Gasteiger partial charge in [0.15, 0.2) is 8.07 Å². The number of hydrogen-bond donors (Lipinski definition) is 0. The fraction of sp³-hybridized carbons (Fsp3) is 0. The standard InChI is InChI=1S/C60H42N2OSi/c1-6-20-45(21-7-1)61(46-22-8-2-9-23-46)48-26-18-19-43(39-48)44-33-38-59-56(40-44)54-36-34-50(42-60(54)64(59,51-27-12-4-13-28-51)52-29-14-5-15-30-52)62(47-24-10-3-11-25-47)49-35-37-58-55(41-49)53-31-16-17-32-57(53)63-58/h1-42H. The van der Waals surface area contributed by atoms with Gasteiger partial charge >= 0.3 is 0 Å². The number of para-hydroxylation sites is 4. The van der Waals surface area contributed by atoms with Gasteiger partial charge in [-0.15, -0.1) is 0 Å². The average molecular weight is 835 g/mol. The Morgan fingerprint density at radius 2 is 0.766 bits per heavy atom. The van der Waals surface area contributed by atoms with E-state index in [1.807, 2.05) is 12.1 Å². The van der Waals surface area contributed by atoms with Gasteiger partial charge < -0.3 is 14.2 Å². The summed E-state index contributed by atoms with van der Waals surface area (Å²) in [5, 5.41) is 7.75. The van der Waals surface area contributed by atoms with E-state index in [0.29, 0.717) is 0 Å². The quantitative estimate of drug-likeness (QED) is 0.135. The van der Waals surface area contributed by atoms with Gasteiger partial charge in [0.25, 0.3) is 0 Å². The molecule has 0 saturated heterocycles. The number of hydrogen-bond acceptors (Lipinski definition) is 3. The van der Waals surface area contributed by atoms with Crippen molar-refractivity contribution in [2.75, 3.05) is 9.80 Å². The molecule has 0 amide bonds. The third-order valence-electron chi connectivity index (χ3n) is 12.9. The summed E-state index contributed by atoms with van der Waals surface area (Å²) >= 11 is 0. The monoisotopic (exact) mass is 834 g/mol. The highest BCUT2D eigenvalue weighted by Crippen LogP contribution is 2.42. The van der Waals surface area contributed by atoms with Gasteiger partial charge in [-0.05, 0) is 134 Å². The van der Waals surface area contributed by atoms with Gasteiger partial charge in [0.05, 0.1) is 0 Å². The van der Waals surface area contributed by atoms with Crippen molar-refractivity contribution in [3.8, 4) is 22.3 Å². The largest absolute Gasteiger partial charge is 0.456 e.